The molecule has 1 atom stereocenters. The molecule has 1 unspecified atom stereocenters. The Kier molecular flexibility index (Phi) is 3.58. The van der Waals surface area contributed by atoms with Crippen molar-refractivity contribution in [2.45, 2.75) is 15.9 Å². The maximum Gasteiger partial charge on any atom is 0.268 e. The molecule has 0 saturated heterocycles. The molecular weight excluding hydrogens is 309 g/mol. The minimum atomic E-state index is -3.69. The van der Waals surface area contributed by atoms with Crippen LogP contribution in [0.1, 0.15) is 0 Å². The van der Waals surface area contributed by atoms with Gasteiger partial charge in [0.25, 0.3) is 5.91 Å². The Bertz CT molecular complexity index is 821. The predicted molar refractivity (Wildman–Crippen MR) is 77.4 cm³/mol. The molecule has 0 aliphatic carbocycles. The second-order valence-corrected chi connectivity index (χ2v) is 6.67. The van der Waals surface area contributed by atoms with Crippen LogP contribution in [0.25, 0.3) is 0 Å². The average Bonchev–Trinajstić information content (AvgIpc) is 2.54. The first-order valence-corrected chi connectivity index (χ1v) is 7.98. The Hall–Kier alpha value is -2.41. The van der Waals surface area contributed by atoms with Crippen LogP contribution in [0.2, 0.25) is 0 Å². The van der Waals surface area contributed by atoms with Crippen LogP contribution in [0.15, 0.2) is 58.3 Å². The fourth-order valence-electron chi connectivity index (χ4n) is 2.13. The van der Waals surface area contributed by atoms with E-state index in [0.29, 0.717) is 0 Å². The molecule has 7 heteroatoms. The normalized spacial score (nSPS) is 17.3. The minimum absolute atomic E-state index is 0.0278. The zero-order chi connectivity index (χ0) is 15.7. The summed E-state index contributed by atoms with van der Waals surface area (Å²) in [6.45, 7) is -0.949. The molecule has 1 heterocycles. The van der Waals surface area contributed by atoms with E-state index in [0.717, 1.165) is 0 Å². The zero-order valence-corrected chi connectivity index (χ0v) is 12.1. The van der Waals surface area contributed by atoms with Crippen molar-refractivity contribution >= 4 is 21.4 Å². The van der Waals surface area contributed by atoms with E-state index in [4.69, 9.17) is 4.74 Å². The molecule has 2 aromatic rings. The summed E-state index contributed by atoms with van der Waals surface area (Å²) in [5, 5.41) is 2.46. The van der Waals surface area contributed by atoms with Crippen molar-refractivity contribution in [3.63, 3.8) is 0 Å². The number of fused-ring (bicyclic) bond motifs is 1. The third-order valence-electron chi connectivity index (χ3n) is 3.27. The quantitative estimate of drug-likeness (QED) is 0.940. The molecule has 0 aromatic heterocycles. The molecule has 1 amide bonds. The van der Waals surface area contributed by atoms with Gasteiger partial charge in [-0.3, -0.25) is 4.79 Å². The Balaban J connectivity index is 2.02. The first-order valence-electron chi connectivity index (χ1n) is 6.50. The Labute approximate surface area is 126 Å². The molecule has 114 valence electrons. The van der Waals surface area contributed by atoms with Crippen molar-refractivity contribution in [3.8, 4) is 5.75 Å². The van der Waals surface area contributed by atoms with Gasteiger partial charge in [0.15, 0.2) is 0 Å². The standard InChI is InChI=1S/C15H12FNO4S/c16-9-14-15(18)17-12-8-11(6-7-13(12)21-14)22(19,20)10-4-2-1-3-5-10/h1-8,14H,9H2,(H,17,18). The maximum absolute atomic E-state index is 12.6. The fourth-order valence-corrected chi connectivity index (χ4v) is 3.44. The number of amides is 1. The van der Waals surface area contributed by atoms with Gasteiger partial charge in [0.1, 0.15) is 12.4 Å². The van der Waals surface area contributed by atoms with Crippen LogP contribution in [-0.4, -0.2) is 27.1 Å². The SMILES string of the molecule is O=C1Nc2cc(S(=O)(=O)c3ccccc3)ccc2OC1CF. The number of ether oxygens (including phenoxy) is 1. The average molecular weight is 321 g/mol. The van der Waals surface area contributed by atoms with Crippen molar-refractivity contribution < 1.29 is 22.3 Å². The van der Waals surface area contributed by atoms with Gasteiger partial charge in [-0.2, -0.15) is 0 Å². The number of carbonyl (C=O) groups is 1. The zero-order valence-electron chi connectivity index (χ0n) is 11.3. The number of benzene rings is 2. The number of rotatable bonds is 3. The number of carbonyl (C=O) groups excluding carboxylic acids is 1. The molecule has 0 bridgehead atoms. The summed E-state index contributed by atoms with van der Waals surface area (Å²) in [6, 6.07) is 12.0. The first-order chi connectivity index (χ1) is 10.5. The summed E-state index contributed by atoms with van der Waals surface area (Å²) in [5.41, 5.74) is 0.215. The van der Waals surface area contributed by atoms with Gasteiger partial charge in [-0.05, 0) is 30.3 Å². The molecule has 0 spiro atoms. The van der Waals surface area contributed by atoms with Gasteiger partial charge in [-0.1, -0.05) is 18.2 Å². The lowest BCUT2D eigenvalue weighted by molar-refractivity contribution is -0.124. The summed E-state index contributed by atoms with van der Waals surface area (Å²) in [7, 11) is -3.69. The van der Waals surface area contributed by atoms with Crippen LogP contribution in [0.5, 0.6) is 5.75 Å². The van der Waals surface area contributed by atoms with E-state index in [1.165, 1.54) is 30.3 Å². The Morgan fingerprint density at radius 2 is 1.82 bits per heavy atom. The van der Waals surface area contributed by atoms with Gasteiger partial charge in [0.05, 0.1) is 15.5 Å². The molecule has 22 heavy (non-hydrogen) atoms. The van der Waals surface area contributed by atoms with Crippen molar-refractivity contribution in [2.24, 2.45) is 0 Å². The highest BCUT2D eigenvalue weighted by molar-refractivity contribution is 7.91. The van der Waals surface area contributed by atoms with Crippen LogP contribution >= 0.6 is 0 Å². The van der Waals surface area contributed by atoms with Crippen LogP contribution in [-0.2, 0) is 14.6 Å². The van der Waals surface area contributed by atoms with E-state index in [1.54, 1.807) is 18.2 Å². The van der Waals surface area contributed by atoms with E-state index < -0.39 is 28.5 Å². The third kappa shape index (κ3) is 2.43. The van der Waals surface area contributed by atoms with E-state index in [1.807, 2.05) is 0 Å². The lowest BCUT2D eigenvalue weighted by Crippen LogP contribution is -2.38. The first kappa shape index (κ1) is 14.5. The lowest BCUT2D eigenvalue weighted by atomic mass is 10.2. The molecule has 0 saturated carbocycles. The van der Waals surface area contributed by atoms with Crippen molar-refractivity contribution in [1.29, 1.82) is 0 Å². The number of nitrogens with one attached hydrogen (secondary N) is 1. The van der Waals surface area contributed by atoms with Crippen molar-refractivity contribution in [3.05, 3.63) is 48.5 Å². The van der Waals surface area contributed by atoms with E-state index in [9.17, 15) is 17.6 Å². The van der Waals surface area contributed by atoms with E-state index in [2.05, 4.69) is 5.32 Å². The fraction of sp³-hybridized carbons (Fsp3) is 0.133. The summed E-state index contributed by atoms with van der Waals surface area (Å²) in [6.07, 6.45) is -1.20. The van der Waals surface area contributed by atoms with Gasteiger partial charge in [-0.15, -0.1) is 0 Å². The van der Waals surface area contributed by atoms with Gasteiger partial charge in [0, 0.05) is 0 Å². The van der Waals surface area contributed by atoms with Crippen molar-refractivity contribution in [1.82, 2.24) is 0 Å². The van der Waals surface area contributed by atoms with Gasteiger partial charge in [-0.25, -0.2) is 12.8 Å². The molecule has 0 radical (unpaired) electrons. The van der Waals surface area contributed by atoms with Crippen LogP contribution in [0, 0.1) is 0 Å². The summed E-state index contributed by atoms with van der Waals surface area (Å²) < 4.78 is 42.8. The highest BCUT2D eigenvalue weighted by atomic mass is 32.2. The van der Waals surface area contributed by atoms with Crippen LogP contribution in [0.3, 0.4) is 0 Å². The number of sulfone groups is 1. The molecule has 1 N–H and O–H groups in total. The van der Waals surface area contributed by atoms with Gasteiger partial charge < -0.3 is 10.1 Å². The second-order valence-electron chi connectivity index (χ2n) is 4.72. The highest BCUT2D eigenvalue weighted by Gasteiger charge is 2.29. The third-order valence-corrected chi connectivity index (χ3v) is 5.04. The Morgan fingerprint density at radius 3 is 2.50 bits per heavy atom. The smallest absolute Gasteiger partial charge is 0.268 e. The summed E-state index contributed by atoms with van der Waals surface area (Å²) in [4.78, 5) is 11.8. The van der Waals surface area contributed by atoms with E-state index in [-0.39, 0.29) is 21.2 Å². The van der Waals surface area contributed by atoms with Crippen molar-refractivity contribution in [2.75, 3.05) is 12.0 Å². The molecule has 1 aliphatic rings. The molecule has 1 aliphatic heterocycles. The van der Waals surface area contributed by atoms with E-state index >= 15 is 0 Å². The number of halogens is 1. The molecule has 3 rings (SSSR count). The molecular formula is C15H12FNO4S. The minimum Gasteiger partial charge on any atom is -0.476 e. The second kappa shape index (κ2) is 5.42. The Morgan fingerprint density at radius 1 is 1.09 bits per heavy atom. The highest BCUT2D eigenvalue weighted by Crippen LogP contribution is 2.33. The van der Waals surface area contributed by atoms with Gasteiger partial charge >= 0.3 is 0 Å². The van der Waals surface area contributed by atoms with Gasteiger partial charge in [0.2, 0.25) is 15.9 Å². The largest absolute Gasteiger partial charge is 0.476 e. The summed E-state index contributed by atoms with van der Waals surface area (Å²) >= 11 is 0. The topological polar surface area (TPSA) is 72.5 Å². The number of hydrogen-bond donors (Lipinski definition) is 1. The number of hydrogen-bond acceptors (Lipinski definition) is 4. The lowest BCUT2D eigenvalue weighted by Gasteiger charge is -2.24. The molecule has 2 aromatic carbocycles. The predicted octanol–water partition coefficient (Wildman–Crippen LogP) is 2.19. The maximum atomic E-state index is 12.6. The summed E-state index contributed by atoms with van der Waals surface area (Å²) in [5.74, 6) is -0.390. The molecule has 5 nitrogen and oxygen atoms in total. The monoisotopic (exact) mass is 321 g/mol. The van der Waals surface area contributed by atoms with Crippen LogP contribution < -0.4 is 10.1 Å². The number of anilines is 1. The number of alkyl halides is 1. The van der Waals surface area contributed by atoms with Crippen LogP contribution in [0.4, 0.5) is 10.1 Å². The molecule has 0 fully saturated rings.